The Morgan fingerprint density at radius 2 is 2.20 bits per heavy atom. The maximum Gasteiger partial charge on any atom is 0.0706 e. The van der Waals surface area contributed by atoms with Gasteiger partial charge in [0.2, 0.25) is 0 Å². The predicted octanol–water partition coefficient (Wildman–Crippen LogP) is 1.57. The van der Waals surface area contributed by atoms with Gasteiger partial charge in [0.15, 0.2) is 0 Å². The van der Waals surface area contributed by atoms with Crippen LogP contribution in [-0.2, 0) is 9.47 Å². The molecule has 0 amide bonds. The Bertz CT molecular complexity index is 184. The Balaban J connectivity index is 1.87. The fourth-order valence-corrected chi connectivity index (χ4v) is 2.87. The summed E-state index contributed by atoms with van der Waals surface area (Å²) in [5.41, 5.74) is 0.136. The van der Waals surface area contributed by atoms with Gasteiger partial charge in [-0.3, -0.25) is 0 Å². The molecular weight excluding hydrogens is 190 g/mol. The molecule has 0 aromatic rings. The lowest BCUT2D eigenvalue weighted by Crippen LogP contribution is -2.45. The molecule has 2 saturated heterocycles. The van der Waals surface area contributed by atoms with E-state index in [0.717, 1.165) is 45.1 Å². The largest absolute Gasteiger partial charge is 0.381 e. The van der Waals surface area contributed by atoms with Gasteiger partial charge in [-0.25, -0.2) is 0 Å². The lowest BCUT2D eigenvalue weighted by Gasteiger charge is -2.39. The van der Waals surface area contributed by atoms with Gasteiger partial charge in [-0.1, -0.05) is 0 Å². The molecule has 2 fully saturated rings. The van der Waals surface area contributed by atoms with Crippen LogP contribution in [0.15, 0.2) is 0 Å². The van der Waals surface area contributed by atoms with E-state index >= 15 is 0 Å². The minimum Gasteiger partial charge on any atom is -0.381 e. The van der Waals surface area contributed by atoms with Gasteiger partial charge in [-0.2, -0.15) is 0 Å². The van der Waals surface area contributed by atoms with Gasteiger partial charge < -0.3 is 14.8 Å². The van der Waals surface area contributed by atoms with Crippen LogP contribution in [0.1, 0.15) is 32.1 Å². The van der Waals surface area contributed by atoms with Gasteiger partial charge in [0.05, 0.1) is 5.60 Å². The summed E-state index contributed by atoms with van der Waals surface area (Å²) < 4.78 is 11.3. The van der Waals surface area contributed by atoms with E-state index in [-0.39, 0.29) is 5.60 Å². The van der Waals surface area contributed by atoms with Crippen molar-refractivity contribution < 1.29 is 9.47 Å². The summed E-state index contributed by atoms with van der Waals surface area (Å²) in [6.07, 6.45) is 6.03. The van der Waals surface area contributed by atoms with Crippen LogP contribution in [-0.4, -0.2) is 39.0 Å². The van der Waals surface area contributed by atoms with Crippen molar-refractivity contribution in [3.63, 3.8) is 0 Å². The first-order valence-electron chi connectivity index (χ1n) is 6.18. The van der Waals surface area contributed by atoms with Gasteiger partial charge in [0, 0.05) is 20.3 Å². The molecule has 3 heteroatoms. The molecule has 3 nitrogen and oxygen atoms in total. The van der Waals surface area contributed by atoms with Crippen LogP contribution in [0, 0.1) is 5.92 Å². The van der Waals surface area contributed by atoms with Gasteiger partial charge in [-0.05, 0) is 51.1 Å². The zero-order valence-corrected chi connectivity index (χ0v) is 9.76. The van der Waals surface area contributed by atoms with Gasteiger partial charge in [0.1, 0.15) is 0 Å². The molecule has 2 heterocycles. The van der Waals surface area contributed by atoms with E-state index in [1.54, 1.807) is 0 Å². The second kappa shape index (κ2) is 5.28. The summed E-state index contributed by atoms with van der Waals surface area (Å²) in [5.74, 6) is 0.719. The van der Waals surface area contributed by atoms with E-state index < -0.39 is 0 Å². The highest BCUT2D eigenvalue weighted by molar-refractivity contribution is 4.88. The second-order valence-corrected chi connectivity index (χ2v) is 4.92. The molecule has 0 spiro atoms. The molecule has 0 radical (unpaired) electrons. The Kier molecular flexibility index (Phi) is 4.00. The Hall–Kier alpha value is -0.120. The number of hydrogen-bond donors (Lipinski definition) is 1. The van der Waals surface area contributed by atoms with Crippen molar-refractivity contribution in [1.82, 2.24) is 5.32 Å². The molecule has 2 aliphatic rings. The Morgan fingerprint density at radius 1 is 1.40 bits per heavy atom. The lowest BCUT2D eigenvalue weighted by molar-refractivity contribution is -0.0684. The fourth-order valence-electron chi connectivity index (χ4n) is 2.87. The third-order valence-corrected chi connectivity index (χ3v) is 3.86. The van der Waals surface area contributed by atoms with E-state index in [0.29, 0.717) is 0 Å². The van der Waals surface area contributed by atoms with Crippen molar-refractivity contribution >= 4 is 0 Å². The van der Waals surface area contributed by atoms with Crippen LogP contribution in [0.5, 0.6) is 0 Å². The summed E-state index contributed by atoms with van der Waals surface area (Å²) >= 11 is 0. The highest BCUT2D eigenvalue weighted by Crippen LogP contribution is 2.32. The number of ether oxygens (including phenoxy) is 2. The molecule has 1 N–H and O–H groups in total. The molecule has 1 unspecified atom stereocenters. The first kappa shape index (κ1) is 11.4. The summed E-state index contributed by atoms with van der Waals surface area (Å²) in [5, 5.41) is 3.40. The quantitative estimate of drug-likeness (QED) is 0.772. The first-order valence-corrected chi connectivity index (χ1v) is 6.18. The molecule has 0 bridgehead atoms. The first-order chi connectivity index (χ1) is 7.35. The molecule has 0 aromatic carbocycles. The summed E-state index contributed by atoms with van der Waals surface area (Å²) in [7, 11) is 1.87. The molecule has 1 atom stereocenters. The third-order valence-electron chi connectivity index (χ3n) is 3.86. The Morgan fingerprint density at radius 3 is 2.80 bits per heavy atom. The van der Waals surface area contributed by atoms with E-state index in [9.17, 15) is 0 Å². The van der Waals surface area contributed by atoms with Crippen LogP contribution in [0.3, 0.4) is 0 Å². The molecule has 0 saturated carbocycles. The van der Waals surface area contributed by atoms with Crippen molar-refractivity contribution in [2.75, 3.05) is 33.4 Å². The van der Waals surface area contributed by atoms with Crippen LogP contribution < -0.4 is 5.32 Å². The molecule has 0 aliphatic carbocycles. The topological polar surface area (TPSA) is 30.5 Å². The van der Waals surface area contributed by atoms with Crippen LogP contribution in [0.4, 0.5) is 0 Å². The summed E-state index contributed by atoms with van der Waals surface area (Å²) in [4.78, 5) is 0. The minimum atomic E-state index is 0.136. The van der Waals surface area contributed by atoms with Crippen molar-refractivity contribution in [2.24, 2.45) is 5.92 Å². The standard InChI is InChI=1S/C12H23NO2/c1-14-12(4-6-13-7-5-12)9-11-3-2-8-15-10-11/h11,13H,2-10H2,1H3. The van der Waals surface area contributed by atoms with Crippen LogP contribution in [0.25, 0.3) is 0 Å². The molecule has 88 valence electrons. The van der Waals surface area contributed by atoms with Crippen LogP contribution in [0.2, 0.25) is 0 Å². The van der Waals surface area contributed by atoms with E-state index in [1.165, 1.54) is 19.3 Å². The van der Waals surface area contributed by atoms with Gasteiger partial charge in [0.25, 0.3) is 0 Å². The van der Waals surface area contributed by atoms with Gasteiger partial charge >= 0.3 is 0 Å². The predicted molar refractivity (Wildman–Crippen MR) is 60.0 cm³/mol. The number of nitrogens with one attached hydrogen (secondary N) is 1. The molecule has 2 aliphatic heterocycles. The average Bonchev–Trinajstić information content (AvgIpc) is 2.32. The zero-order chi connectivity index (χ0) is 10.6. The summed E-state index contributed by atoms with van der Waals surface area (Å²) in [6.45, 7) is 4.10. The SMILES string of the molecule is COC1(CC2CCCOC2)CCNCC1. The monoisotopic (exact) mass is 213 g/mol. The molecule has 15 heavy (non-hydrogen) atoms. The maximum absolute atomic E-state index is 5.79. The van der Waals surface area contributed by atoms with E-state index in [1.807, 2.05) is 7.11 Å². The second-order valence-electron chi connectivity index (χ2n) is 4.92. The average molecular weight is 213 g/mol. The van der Waals surface area contributed by atoms with Crippen molar-refractivity contribution in [3.8, 4) is 0 Å². The molecular formula is C12H23NO2. The lowest BCUT2D eigenvalue weighted by atomic mass is 9.81. The van der Waals surface area contributed by atoms with Gasteiger partial charge in [-0.15, -0.1) is 0 Å². The number of methoxy groups -OCH3 is 1. The zero-order valence-electron chi connectivity index (χ0n) is 9.76. The van der Waals surface area contributed by atoms with Crippen LogP contribution >= 0.6 is 0 Å². The van der Waals surface area contributed by atoms with E-state index in [4.69, 9.17) is 9.47 Å². The fraction of sp³-hybridized carbons (Fsp3) is 1.00. The summed E-state index contributed by atoms with van der Waals surface area (Å²) in [6, 6.07) is 0. The van der Waals surface area contributed by atoms with E-state index in [2.05, 4.69) is 5.32 Å². The molecule has 0 aromatic heterocycles. The number of piperidine rings is 1. The maximum atomic E-state index is 5.79. The smallest absolute Gasteiger partial charge is 0.0706 e. The number of rotatable bonds is 3. The third kappa shape index (κ3) is 2.92. The molecule has 2 rings (SSSR count). The Labute approximate surface area is 92.5 Å². The number of hydrogen-bond acceptors (Lipinski definition) is 3. The highest BCUT2D eigenvalue weighted by Gasteiger charge is 2.34. The van der Waals surface area contributed by atoms with Crippen molar-refractivity contribution in [1.29, 1.82) is 0 Å². The normalized spacial score (nSPS) is 31.4. The highest BCUT2D eigenvalue weighted by atomic mass is 16.5. The minimum absolute atomic E-state index is 0.136. The van der Waals surface area contributed by atoms with Crippen molar-refractivity contribution in [2.45, 2.75) is 37.7 Å². The van der Waals surface area contributed by atoms with Crippen molar-refractivity contribution in [3.05, 3.63) is 0 Å².